The van der Waals surface area contributed by atoms with Crippen molar-refractivity contribution >= 4 is 5.69 Å². The average Bonchev–Trinajstić information content (AvgIpc) is 2.32. The van der Waals surface area contributed by atoms with Gasteiger partial charge in [0.05, 0.1) is 0 Å². The molecule has 0 amide bonds. The fourth-order valence-electron chi connectivity index (χ4n) is 2.51. The molecule has 2 unspecified atom stereocenters. The van der Waals surface area contributed by atoms with Gasteiger partial charge in [0.15, 0.2) is 0 Å². The second kappa shape index (κ2) is 5.05. The standard InChI is InChI=1S/C14H21FN2/c1-10-5-6-17(9-11(10)2)14-4-3-13(15)7-12(14)8-16/h3-4,7,10-11H,5-6,8-9,16H2,1-2H3. The van der Waals surface area contributed by atoms with Crippen molar-refractivity contribution in [3.8, 4) is 0 Å². The summed E-state index contributed by atoms with van der Waals surface area (Å²) in [6.07, 6.45) is 1.20. The fraction of sp³-hybridized carbons (Fsp3) is 0.571. The summed E-state index contributed by atoms with van der Waals surface area (Å²) < 4.78 is 13.2. The molecule has 1 aliphatic heterocycles. The van der Waals surface area contributed by atoms with E-state index in [1.807, 2.05) is 6.07 Å². The number of anilines is 1. The Bertz CT molecular complexity index is 392. The highest BCUT2D eigenvalue weighted by molar-refractivity contribution is 5.54. The van der Waals surface area contributed by atoms with Crippen LogP contribution in [0.25, 0.3) is 0 Å². The van der Waals surface area contributed by atoms with E-state index in [0.717, 1.165) is 30.3 Å². The minimum Gasteiger partial charge on any atom is -0.371 e. The maximum absolute atomic E-state index is 13.2. The Morgan fingerprint density at radius 2 is 2.12 bits per heavy atom. The quantitative estimate of drug-likeness (QED) is 0.855. The molecule has 1 aromatic carbocycles. The number of piperidine rings is 1. The summed E-state index contributed by atoms with van der Waals surface area (Å²) in [4.78, 5) is 2.34. The molecule has 2 N–H and O–H groups in total. The molecule has 3 heteroatoms. The van der Waals surface area contributed by atoms with Crippen LogP contribution in [0.15, 0.2) is 18.2 Å². The van der Waals surface area contributed by atoms with E-state index in [-0.39, 0.29) is 5.82 Å². The molecule has 0 saturated carbocycles. The van der Waals surface area contributed by atoms with Crippen LogP contribution in [0.4, 0.5) is 10.1 Å². The smallest absolute Gasteiger partial charge is 0.123 e. The molecule has 0 spiro atoms. The summed E-state index contributed by atoms with van der Waals surface area (Å²) in [5.74, 6) is 1.25. The number of rotatable bonds is 2. The molecule has 1 fully saturated rings. The maximum atomic E-state index is 13.2. The molecule has 0 aliphatic carbocycles. The van der Waals surface area contributed by atoms with Crippen molar-refractivity contribution < 1.29 is 4.39 Å². The number of nitrogens with two attached hydrogens (primary N) is 1. The Kier molecular flexibility index (Phi) is 3.67. The second-order valence-corrected chi connectivity index (χ2v) is 5.17. The zero-order chi connectivity index (χ0) is 12.4. The van der Waals surface area contributed by atoms with Gasteiger partial charge in [-0.1, -0.05) is 13.8 Å². The van der Waals surface area contributed by atoms with Gasteiger partial charge in [-0.25, -0.2) is 4.39 Å². The van der Waals surface area contributed by atoms with Crippen LogP contribution in [0.1, 0.15) is 25.8 Å². The van der Waals surface area contributed by atoms with Gasteiger partial charge in [-0.2, -0.15) is 0 Å². The third-order valence-electron chi connectivity index (χ3n) is 3.94. The lowest BCUT2D eigenvalue weighted by Gasteiger charge is -2.37. The van der Waals surface area contributed by atoms with Crippen LogP contribution in [0.2, 0.25) is 0 Å². The Labute approximate surface area is 103 Å². The van der Waals surface area contributed by atoms with Gasteiger partial charge in [-0.05, 0) is 42.0 Å². The first kappa shape index (κ1) is 12.4. The van der Waals surface area contributed by atoms with Crippen LogP contribution in [0.5, 0.6) is 0 Å². The van der Waals surface area contributed by atoms with Crippen LogP contribution in [-0.2, 0) is 6.54 Å². The molecule has 1 saturated heterocycles. The lowest BCUT2D eigenvalue weighted by Crippen LogP contribution is -2.39. The largest absolute Gasteiger partial charge is 0.371 e. The van der Waals surface area contributed by atoms with Gasteiger partial charge in [-0.15, -0.1) is 0 Å². The molecule has 1 aliphatic rings. The van der Waals surface area contributed by atoms with E-state index in [1.54, 1.807) is 6.07 Å². The lowest BCUT2D eigenvalue weighted by molar-refractivity contribution is 0.323. The highest BCUT2D eigenvalue weighted by Gasteiger charge is 2.23. The zero-order valence-electron chi connectivity index (χ0n) is 10.6. The third kappa shape index (κ3) is 2.60. The van der Waals surface area contributed by atoms with E-state index in [0.29, 0.717) is 12.5 Å². The zero-order valence-corrected chi connectivity index (χ0v) is 10.6. The van der Waals surface area contributed by atoms with Gasteiger partial charge in [0.2, 0.25) is 0 Å². The highest BCUT2D eigenvalue weighted by Crippen LogP contribution is 2.29. The molecule has 94 valence electrons. The van der Waals surface area contributed by atoms with Gasteiger partial charge >= 0.3 is 0 Å². The number of nitrogens with zero attached hydrogens (tertiary/aromatic N) is 1. The fourth-order valence-corrected chi connectivity index (χ4v) is 2.51. The molecule has 0 bridgehead atoms. The van der Waals surface area contributed by atoms with Crippen molar-refractivity contribution in [1.82, 2.24) is 0 Å². The second-order valence-electron chi connectivity index (χ2n) is 5.17. The van der Waals surface area contributed by atoms with Gasteiger partial charge in [0.25, 0.3) is 0 Å². The van der Waals surface area contributed by atoms with Crippen molar-refractivity contribution in [3.63, 3.8) is 0 Å². The summed E-state index contributed by atoms with van der Waals surface area (Å²) >= 11 is 0. The topological polar surface area (TPSA) is 29.3 Å². The molecule has 1 heterocycles. The summed E-state index contributed by atoms with van der Waals surface area (Å²) in [6, 6.07) is 4.94. The molecule has 2 nitrogen and oxygen atoms in total. The first-order valence-electron chi connectivity index (χ1n) is 6.35. The maximum Gasteiger partial charge on any atom is 0.123 e. The van der Waals surface area contributed by atoms with Crippen LogP contribution < -0.4 is 10.6 Å². The summed E-state index contributed by atoms with van der Waals surface area (Å²) in [6.45, 7) is 7.07. The molecular weight excluding hydrogens is 215 g/mol. The normalized spacial score (nSPS) is 25.1. The van der Waals surface area contributed by atoms with Gasteiger partial charge < -0.3 is 10.6 Å². The summed E-state index contributed by atoms with van der Waals surface area (Å²) in [5, 5.41) is 0. The lowest BCUT2D eigenvalue weighted by atomic mass is 9.88. The first-order chi connectivity index (χ1) is 8.11. The molecule has 0 aromatic heterocycles. The van der Waals surface area contributed by atoms with Crippen molar-refractivity contribution in [2.75, 3.05) is 18.0 Å². The van der Waals surface area contributed by atoms with Crippen molar-refractivity contribution in [2.24, 2.45) is 17.6 Å². The van der Waals surface area contributed by atoms with Gasteiger partial charge in [0.1, 0.15) is 5.82 Å². The van der Waals surface area contributed by atoms with Crippen molar-refractivity contribution in [3.05, 3.63) is 29.6 Å². The Morgan fingerprint density at radius 1 is 1.35 bits per heavy atom. The minimum absolute atomic E-state index is 0.201. The molecule has 0 radical (unpaired) electrons. The van der Waals surface area contributed by atoms with Crippen LogP contribution in [0, 0.1) is 17.7 Å². The van der Waals surface area contributed by atoms with Crippen LogP contribution >= 0.6 is 0 Å². The van der Waals surface area contributed by atoms with E-state index in [2.05, 4.69) is 18.7 Å². The van der Waals surface area contributed by atoms with Gasteiger partial charge in [-0.3, -0.25) is 0 Å². The molecule has 2 atom stereocenters. The van der Waals surface area contributed by atoms with Crippen molar-refractivity contribution in [2.45, 2.75) is 26.8 Å². The Balaban J connectivity index is 2.22. The summed E-state index contributed by atoms with van der Waals surface area (Å²) in [7, 11) is 0. The van der Waals surface area contributed by atoms with Crippen LogP contribution in [-0.4, -0.2) is 13.1 Å². The number of benzene rings is 1. The van der Waals surface area contributed by atoms with Crippen LogP contribution in [0.3, 0.4) is 0 Å². The van der Waals surface area contributed by atoms with E-state index < -0.39 is 0 Å². The van der Waals surface area contributed by atoms with E-state index in [9.17, 15) is 4.39 Å². The number of hydrogen-bond donors (Lipinski definition) is 1. The SMILES string of the molecule is CC1CCN(c2ccc(F)cc2CN)CC1C. The Morgan fingerprint density at radius 3 is 2.76 bits per heavy atom. The molecule has 17 heavy (non-hydrogen) atoms. The van der Waals surface area contributed by atoms with Gasteiger partial charge in [0, 0.05) is 25.3 Å². The Hall–Kier alpha value is -1.09. The molecule has 2 rings (SSSR count). The monoisotopic (exact) mass is 236 g/mol. The average molecular weight is 236 g/mol. The van der Waals surface area contributed by atoms with E-state index in [4.69, 9.17) is 5.73 Å². The first-order valence-corrected chi connectivity index (χ1v) is 6.35. The molecular formula is C14H21FN2. The highest BCUT2D eigenvalue weighted by atomic mass is 19.1. The van der Waals surface area contributed by atoms with Crippen molar-refractivity contribution in [1.29, 1.82) is 0 Å². The predicted molar refractivity (Wildman–Crippen MR) is 69.4 cm³/mol. The minimum atomic E-state index is -0.201. The van der Waals surface area contributed by atoms with E-state index >= 15 is 0 Å². The van der Waals surface area contributed by atoms with E-state index in [1.165, 1.54) is 12.5 Å². The number of halogens is 1. The number of hydrogen-bond acceptors (Lipinski definition) is 2. The molecule has 1 aromatic rings. The predicted octanol–water partition coefficient (Wildman–Crippen LogP) is 2.77. The third-order valence-corrected chi connectivity index (χ3v) is 3.94. The summed E-state index contributed by atoms with van der Waals surface area (Å²) in [5.41, 5.74) is 7.71.